The Morgan fingerprint density at radius 2 is 1.65 bits per heavy atom. The third kappa shape index (κ3) is 2.78. The summed E-state index contributed by atoms with van der Waals surface area (Å²) >= 11 is 3.42. The van der Waals surface area contributed by atoms with Crippen molar-refractivity contribution in [2.45, 2.75) is 6.42 Å². The van der Waals surface area contributed by atoms with Gasteiger partial charge in [-0.25, -0.2) is 4.98 Å². The summed E-state index contributed by atoms with van der Waals surface area (Å²) in [5.74, 6) is 0. The van der Waals surface area contributed by atoms with Crippen LogP contribution in [-0.2, 0) is 6.42 Å². The van der Waals surface area contributed by atoms with Crippen molar-refractivity contribution in [2.24, 2.45) is 0 Å². The maximum atomic E-state index is 12.3. The summed E-state index contributed by atoms with van der Waals surface area (Å²) in [5, 5.41) is 2.22. The number of aromatic nitrogens is 2. The smallest absolute Gasteiger partial charge is 0.270 e. The van der Waals surface area contributed by atoms with Gasteiger partial charge in [-0.05, 0) is 40.6 Å². The predicted molar refractivity (Wildman–Crippen MR) is 96.8 cm³/mol. The molecule has 0 aliphatic heterocycles. The average molecular weight is 365 g/mol. The SMILES string of the molecule is O=c1[nH]c2cc3ccccc3cc2nc1Cc1ccc(Br)cc1. The van der Waals surface area contributed by atoms with E-state index in [0.29, 0.717) is 12.1 Å². The lowest BCUT2D eigenvalue weighted by atomic mass is 10.1. The van der Waals surface area contributed by atoms with Crippen LogP contribution in [0.3, 0.4) is 0 Å². The molecule has 0 aliphatic rings. The second-order valence-electron chi connectivity index (χ2n) is 5.53. The average Bonchev–Trinajstić information content (AvgIpc) is 2.56. The van der Waals surface area contributed by atoms with Gasteiger partial charge in [-0.2, -0.15) is 0 Å². The molecular formula is C19H13BrN2O. The molecule has 4 aromatic rings. The number of hydrogen-bond acceptors (Lipinski definition) is 2. The highest BCUT2D eigenvalue weighted by Gasteiger charge is 2.07. The van der Waals surface area contributed by atoms with Gasteiger partial charge in [0.25, 0.3) is 5.56 Å². The molecule has 0 amide bonds. The Labute approximate surface area is 141 Å². The van der Waals surface area contributed by atoms with Crippen LogP contribution < -0.4 is 5.56 Å². The van der Waals surface area contributed by atoms with E-state index in [2.05, 4.69) is 32.0 Å². The van der Waals surface area contributed by atoms with E-state index in [-0.39, 0.29) is 5.56 Å². The molecule has 1 N–H and O–H groups in total. The zero-order valence-electron chi connectivity index (χ0n) is 12.2. The summed E-state index contributed by atoms with van der Waals surface area (Å²) in [4.78, 5) is 19.9. The molecule has 1 aromatic heterocycles. The lowest BCUT2D eigenvalue weighted by Crippen LogP contribution is -2.15. The fourth-order valence-electron chi connectivity index (χ4n) is 2.73. The molecule has 112 valence electrons. The Balaban J connectivity index is 1.83. The van der Waals surface area contributed by atoms with Gasteiger partial charge in [0.1, 0.15) is 5.69 Å². The molecule has 23 heavy (non-hydrogen) atoms. The Morgan fingerprint density at radius 3 is 2.39 bits per heavy atom. The number of nitrogens with one attached hydrogen (secondary N) is 1. The van der Waals surface area contributed by atoms with Crippen LogP contribution in [0.25, 0.3) is 21.8 Å². The molecule has 0 saturated carbocycles. The first-order chi connectivity index (χ1) is 11.2. The second-order valence-corrected chi connectivity index (χ2v) is 6.45. The van der Waals surface area contributed by atoms with Crippen LogP contribution >= 0.6 is 15.9 Å². The third-order valence-corrected chi connectivity index (χ3v) is 4.44. The van der Waals surface area contributed by atoms with Crippen molar-refractivity contribution in [1.29, 1.82) is 0 Å². The molecular weight excluding hydrogens is 352 g/mol. The fourth-order valence-corrected chi connectivity index (χ4v) is 2.99. The van der Waals surface area contributed by atoms with Crippen molar-refractivity contribution >= 4 is 37.7 Å². The fraction of sp³-hybridized carbons (Fsp3) is 0.0526. The molecule has 4 heteroatoms. The summed E-state index contributed by atoms with van der Waals surface area (Å²) < 4.78 is 1.02. The largest absolute Gasteiger partial charge is 0.319 e. The van der Waals surface area contributed by atoms with Gasteiger partial charge < -0.3 is 4.98 Å². The summed E-state index contributed by atoms with van der Waals surface area (Å²) in [6.07, 6.45) is 0.519. The summed E-state index contributed by atoms with van der Waals surface area (Å²) in [5.41, 5.74) is 3.06. The molecule has 0 saturated heterocycles. The predicted octanol–water partition coefficient (Wildman–Crippen LogP) is 4.43. The molecule has 4 rings (SSSR count). The molecule has 0 atom stereocenters. The van der Waals surface area contributed by atoms with Gasteiger partial charge in [0, 0.05) is 10.9 Å². The normalized spacial score (nSPS) is 11.2. The first-order valence-electron chi connectivity index (χ1n) is 7.35. The molecule has 3 nitrogen and oxygen atoms in total. The van der Waals surface area contributed by atoms with Crippen molar-refractivity contribution in [2.75, 3.05) is 0 Å². The van der Waals surface area contributed by atoms with E-state index in [0.717, 1.165) is 31.8 Å². The van der Waals surface area contributed by atoms with Crippen LogP contribution in [0.2, 0.25) is 0 Å². The minimum atomic E-state index is -0.129. The first-order valence-corrected chi connectivity index (χ1v) is 8.14. The standard InChI is InChI=1S/C19H13BrN2O/c20-15-7-5-12(6-8-15)9-18-19(23)22-17-11-14-4-2-1-3-13(14)10-16(17)21-18/h1-8,10-11H,9H2,(H,22,23). The number of H-pyrrole nitrogens is 1. The van der Waals surface area contributed by atoms with E-state index in [9.17, 15) is 4.79 Å². The van der Waals surface area contributed by atoms with Gasteiger partial charge in [0.05, 0.1) is 11.0 Å². The van der Waals surface area contributed by atoms with Gasteiger partial charge in [0.15, 0.2) is 0 Å². The molecule has 0 unspecified atom stereocenters. The molecule has 0 fully saturated rings. The topological polar surface area (TPSA) is 45.8 Å². The lowest BCUT2D eigenvalue weighted by molar-refractivity contribution is 1.03. The van der Waals surface area contributed by atoms with Gasteiger partial charge in [-0.3, -0.25) is 4.79 Å². The van der Waals surface area contributed by atoms with E-state index in [1.165, 1.54) is 0 Å². The third-order valence-electron chi connectivity index (χ3n) is 3.91. The van der Waals surface area contributed by atoms with Gasteiger partial charge >= 0.3 is 0 Å². The van der Waals surface area contributed by atoms with Crippen LogP contribution in [0.4, 0.5) is 0 Å². The van der Waals surface area contributed by atoms with Crippen LogP contribution in [0.15, 0.2) is 69.9 Å². The quantitative estimate of drug-likeness (QED) is 0.534. The summed E-state index contributed by atoms with van der Waals surface area (Å²) in [6, 6.07) is 20.0. The molecule has 0 spiro atoms. The minimum Gasteiger partial charge on any atom is -0.319 e. The van der Waals surface area contributed by atoms with Gasteiger partial charge in [0.2, 0.25) is 0 Å². The number of hydrogen-bond donors (Lipinski definition) is 1. The summed E-state index contributed by atoms with van der Waals surface area (Å²) in [6.45, 7) is 0. The molecule has 0 aliphatic carbocycles. The zero-order valence-corrected chi connectivity index (χ0v) is 13.8. The van der Waals surface area contributed by atoms with Crippen molar-refractivity contribution in [1.82, 2.24) is 9.97 Å². The number of aromatic amines is 1. The number of fused-ring (bicyclic) bond motifs is 2. The Morgan fingerprint density at radius 1 is 0.957 bits per heavy atom. The molecule has 0 bridgehead atoms. The van der Waals surface area contributed by atoms with Crippen LogP contribution in [0.5, 0.6) is 0 Å². The van der Waals surface area contributed by atoms with E-state index < -0.39 is 0 Å². The van der Waals surface area contributed by atoms with Gasteiger partial charge in [-0.1, -0.05) is 52.3 Å². The van der Waals surface area contributed by atoms with Crippen LogP contribution in [0.1, 0.15) is 11.3 Å². The highest BCUT2D eigenvalue weighted by atomic mass is 79.9. The monoisotopic (exact) mass is 364 g/mol. The Hall–Kier alpha value is -2.46. The second kappa shape index (κ2) is 5.63. The van der Waals surface area contributed by atoms with Crippen molar-refractivity contribution < 1.29 is 0 Å². The highest BCUT2D eigenvalue weighted by Crippen LogP contribution is 2.20. The Bertz CT molecular complexity index is 1070. The summed E-state index contributed by atoms with van der Waals surface area (Å²) in [7, 11) is 0. The number of halogens is 1. The number of nitrogens with zero attached hydrogens (tertiary/aromatic N) is 1. The molecule has 3 aromatic carbocycles. The highest BCUT2D eigenvalue weighted by molar-refractivity contribution is 9.10. The zero-order chi connectivity index (χ0) is 15.8. The van der Waals surface area contributed by atoms with E-state index in [1.807, 2.05) is 54.6 Å². The van der Waals surface area contributed by atoms with Crippen LogP contribution in [-0.4, -0.2) is 9.97 Å². The number of rotatable bonds is 2. The maximum absolute atomic E-state index is 12.3. The van der Waals surface area contributed by atoms with E-state index in [1.54, 1.807) is 0 Å². The Kier molecular flexibility index (Phi) is 3.46. The van der Waals surface area contributed by atoms with Crippen molar-refractivity contribution in [3.8, 4) is 0 Å². The first kappa shape index (κ1) is 14.2. The van der Waals surface area contributed by atoms with Crippen molar-refractivity contribution in [3.05, 3.63) is 86.7 Å². The molecule has 0 radical (unpaired) electrons. The van der Waals surface area contributed by atoms with Crippen molar-refractivity contribution in [3.63, 3.8) is 0 Å². The van der Waals surface area contributed by atoms with E-state index in [4.69, 9.17) is 0 Å². The number of benzene rings is 3. The van der Waals surface area contributed by atoms with E-state index >= 15 is 0 Å². The van der Waals surface area contributed by atoms with Gasteiger partial charge in [-0.15, -0.1) is 0 Å². The lowest BCUT2D eigenvalue weighted by Gasteiger charge is -2.05. The molecule has 1 heterocycles. The maximum Gasteiger partial charge on any atom is 0.270 e. The minimum absolute atomic E-state index is 0.129. The van der Waals surface area contributed by atoms with Crippen LogP contribution in [0, 0.1) is 0 Å².